The fraction of sp³-hybridized carbons (Fsp3) is 0.486. The van der Waals surface area contributed by atoms with Gasteiger partial charge in [-0.3, -0.25) is 0 Å². The third-order valence-electron chi connectivity index (χ3n) is 8.83. The number of rotatable bonds is 11. The van der Waals surface area contributed by atoms with E-state index in [1.807, 2.05) is 12.1 Å². The first-order valence-corrected chi connectivity index (χ1v) is 15.1. The van der Waals surface area contributed by atoms with Gasteiger partial charge in [0.15, 0.2) is 11.5 Å². The van der Waals surface area contributed by atoms with E-state index >= 15 is 0 Å². The molecule has 2 saturated carbocycles. The molecule has 2 fully saturated rings. The minimum atomic E-state index is -1.01. The first-order valence-electron chi connectivity index (χ1n) is 15.1. The molecule has 5 heteroatoms. The maximum absolute atomic E-state index is 14.3. The molecular weight excluding hydrogens is 506 g/mol. The fourth-order valence-corrected chi connectivity index (χ4v) is 6.64. The van der Waals surface area contributed by atoms with Crippen molar-refractivity contribution in [3.05, 3.63) is 89.0 Å². The number of ether oxygens (including phenoxy) is 3. The third kappa shape index (κ3) is 6.97. The van der Waals surface area contributed by atoms with Crippen molar-refractivity contribution < 1.29 is 23.0 Å². The van der Waals surface area contributed by atoms with E-state index in [-0.39, 0.29) is 24.7 Å². The standard InChI is InChI=1S/C35H42F2O3/c1-3-5-24-9-16-31(17-10-24)39-23-26-8-13-30-21-29(15-14-28(30)20-26)27-11-6-25(7-12-27)22-40-33-19-18-32(38-4-2)34(36)35(33)37/h6-7,9-12,16-19,26,28-30H,3-5,8,13-15,20-23H2,1-2H3. The number of fused-ring (bicyclic) bond motifs is 1. The average molecular weight is 549 g/mol. The summed E-state index contributed by atoms with van der Waals surface area (Å²) >= 11 is 0. The zero-order chi connectivity index (χ0) is 27.9. The second kappa shape index (κ2) is 13.5. The van der Waals surface area contributed by atoms with Gasteiger partial charge in [-0.1, -0.05) is 49.7 Å². The van der Waals surface area contributed by atoms with E-state index in [2.05, 4.69) is 43.3 Å². The van der Waals surface area contributed by atoms with Crippen LogP contribution in [0.4, 0.5) is 8.78 Å². The van der Waals surface area contributed by atoms with Crippen molar-refractivity contribution in [2.75, 3.05) is 13.2 Å². The molecule has 0 radical (unpaired) electrons. The molecule has 0 amide bonds. The molecule has 0 bridgehead atoms. The summed E-state index contributed by atoms with van der Waals surface area (Å²) in [6, 6.07) is 19.9. The molecule has 3 aromatic rings. The Kier molecular flexibility index (Phi) is 9.62. The van der Waals surface area contributed by atoms with Crippen LogP contribution in [0.15, 0.2) is 60.7 Å². The topological polar surface area (TPSA) is 27.7 Å². The SMILES string of the molecule is CCCc1ccc(OCC2CCC3CC(c4ccc(COc5ccc(OCC)c(F)c5F)cc4)CCC3C2)cc1. The van der Waals surface area contributed by atoms with Crippen LogP contribution in [0, 0.1) is 29.4 Å². The summed E-state index contributed by atoms with van der Waals surface area (Å²) in [5.41, 5.74) is 3.69. The molecular formula is C35H42F2O3. The van der Waals surface area contributed by atoms with Crippen molar-refractivity contribution in [3.8, 4) is 17.2 Å². The highest BCUT2D eigenvalue weighted by Crippen LogP contribution is 2.47. The number of hydrogen-bond acceptors (Lipinski definition) is 3. The van der Waals surface area contributed by atoms with Crippen LogP contribution in [0.25, 0.3) is 0 Å². The van der Waals surface area contributed by atoms with Crippen molar-refractivity contribution >= 4 is 0 Å². The number of aryl methyl sites for hydroxylation is 1. The molecule has 0 aliphatic heterocycles. The van der Waals surface area contributed by atoms with Gasteiger partial charge in [0.1, 0.15) is 12.4 Å². The minimum absolute atomic E-state index is 0.0961. The van der Waals surface area contributed by atoms with E-state index in [4.69, 9.17) is 14.2 Å². The van der Waals surface area contributed by atoms with Gasteiger partial charge in [-0.15, -0.1) is 0 Å². The fourth-order valence-electron chi connectivity index (χ4n) is 6.64. The predicted octanol–water partition coefficient (Wildman–Crippen LogP) is 9.27. The van der Waals surface area contributed by atoms with Gasteiger partial charge in [-0.25, -0.2) is 0 Å². The van der Waals surface area contributed by atoms with Crippen molar-refractivity contribution in [2.24, 2.45) is 17.8 Å². The van der Waals surface area contributed by atoms with Gasteiger partial charge < -0.3 is 14.2 Å². The summed E-state index contributed by atoms with van der Waals surface area (Å²) in [7, 11) is 0. The van der Waals surface area contributed by atoms with Crippen molar-refractivity contribution in [1.29, 1.82) is 0 Å². The van der Waals surface area contributed by atoms with Crippen LogP contribution in [0.2, 0.25) is 0 Å². The lowest BCUT2D eigenvalue weighted by atomic mass is 9.64. The van der Waals surface area contributed by atoms with Crippen molar-refractivity contribution in [3.63, 3.8) is 0 Å². The Balaban J connectivity index is 1.08. The zero-order valence-electron chi connectivity index (χ0n) is 23.8. The number of halogens is 2. The summed E-state index contributed by atoms with van der Waals surface area (Å²) in [6.07, 6.45) is 9.88. The Hall–Kier alpha value is -3.08. The van der Waals surface area contributed by atoms with Crippen LogP contribution in [-0.4, -0.2) is 13.2 Å². The van der Waals surface area contributed by atoms with Gasteiger partial charge in [0.2, 0.25) is 11.6 Å². The summed E-state index contributed by atoms with van der Waals surface area (Å²) in [5, 5.41) is 0. The van der Waals surface area contributed by atoms with E-state index in [0.29, 0.717) is 11.8 Å². The lowest BCUT2D eigenvalue weighted by Crippen LogP contribution is -2.32. The van der Waals surface area contributed by atoms with Crippen LogP contribution < -0.4 is 14.2 Å². The molecule has 2 aliphatic rings. The molecule has 2 aliphatic carbocycles. The second-order valence-electron chi connectivity index (χ2n) is 11.6. The molecule has 214 valence electrons. The second-order valence-corrected chi connectivity index (χ2v) is 11.6. The molecule has 0 saturated heterocycles. The first kappa shape index (κ1) is 28.4. The third-order valence-corrected chi connectivity index (χ3v) is 8.83. The van der Waals surface area contributed by atoms with Gasteiger partial charge in [-0.05, 0) is 116 Å². The van der Waals surface area contributed by atoms with Gasteiger partial charge >= 0.3 is 0 Å². The molecule has 0 aromatic heterocycles. The normalized spacial score (nSPS) is 22.4. The van der Waals surface area contributed by atoms with E-state index in [1.54, 1.807) is 6.92 Å². The van der Waals surface area contributed by atoms with E-state index in [9.17, 15) is 8.78 Å². The van der Waals surface area contributed by atoms with Crippen molar-refractivity contribution in [2.45, 2.75) is 77.7 Å². The lowest BCUT2D eigenvalue weighted by molar-refractivity contribution is 0.0916. The van der Waals surface area contributed by atoms with E-state index < -0.39 is 11.6 Å². The van der Waals surface area contributed by atoms with Gasteiger partial charge in [0.05, 0.1) is 13.2 Å². The van der Waals surface area contributed by atoms with Crippen molar-refractivity contribution in [1.82, 2.24) is 0 Å². The molecule has 0 N–H and O–H groups in total. The highest BCUT2D eigenvalue weighted by Gasteiger charge is 2.36. The summed E-state index contributed by atoms with van der Waals surface area (Å²) in [4.78, 5) is 0. The molecule has 3 aromatic carbocycles. The smallest absolute Gasteiger partial charge is 0.204 e. The maximum Gasteiger partial charge on any atom is 0.204 e. The quantitative estimate of drug-likeness (QED) is 0.239. The molecule has 5 rings (SSSR count). The van der Waals surface area contributed by atoms with Crippen LogP contribution in [0.1, 0.15) is 81.4 Å². The average Bonchev–Trinajstić information content (AvgIpc) is 2.99. The van der Waals surface area contributed by atoms with Crippen LogP contribution in [0.3, 0.4) is 0 Å². The van der Waals surface area contributed by atoms with Gasteiger partial charge in [-0.2, -0.15) is 8.78 Å². The summed E-state index contributed by atoms with van der Waals surface area (Å²) in [6.45, 7) is 5.23. The Bertz CT molecular complexity index is 1220. The zero-order valence-corrected chi connectivity index (χ0v) is 23.8. The largest absolute Gasteiger partial charge is 0.493 e. The van der Waals surface area contributed by atoms with E-state index in [1.165, 1.54) is 68.2 Å². The number of benzene rings is 3. The molecule has 0 heterocycles. The Morgan fingerprint density at radius 3 is 2.02 bits per heavy atom. The molecule has 0 spiro atoms. The Morgan fingerprint density at radius 1 is 0.675 bits per heavy atom. The summed E-state index contributed by atoms with van der Waals surface area (Å²) < 4.78 is 45.3. The highest BCUT2D eigenvalue weighted by molar-refractivity contribution is 5.35. The van der Waals surface area contributed by atoms with E-state index in [0.717, 1.165) is 36.2 Å². The minimum Gasteiger partial charge on any atom is -0.493 e. The molecule has 4 unspecified atom stereocenters. The monoisotopic (exact) mass is 548 g/mol. The predicted molar refractivity (Wildman–Crippen MR) is 155 cm³/mol. The van der Waals surface area contributed by atoms with Crippen LogP contribution in [0.5, 0.6) is 17.2 Å². The highest BCUT2D eigenvalue weighted by atomic mass is 19.2. The van der Waals surface area contributed by atoms with Crippen LogP contribution in [-0.2, 0) is 13.0 Å². The summed E-state index contributed by atoms with van der Waals surface area (Å²) in [5.74, 6) is 1.62. The van der Waals surface area contributed by atoms with Gasteiger partial charge in [0.25, 0.3) is 0 Å². The molecule has 40 heavy (non-hydrogen) atoms. The Morgan fingerprint density at radius 2 is 1.32 bits per heavy atom. The lowest BCUT2D eigenvalue weighted by Gasteiger charge is -2.42. The first-order chi connectivity index (χ1) is 19.5. The maximum atomic E-state index is 14.3. The van der Waals surface area contributed by atoms with Crippen LogP contribution >= 0.6 is 0 Å². The number of hydrogen-bond donors (Lipinski definition) is 0. The Labute approximate surface area is 237 Å². The molecule has 4 atom stereocenters. The molecule has 3 nitrogen and oxygen atoms in total. The van der Waals surface area contributed by atoms with Gasteiger partial charge in [0, 0.05) is 0 Å².